The van der Waals surface area contributed by atoms with E-state index in [9.17, 15) is 0 Å². The van der Waals surface area contributed by atoms with Crippen LogP contribution in [-0.2, 0) is 5.41 Å². The fourth-order valence-corrected chi connectivity index (χ4v) is 3.02. The molecule has 0 amide bonds. The summed E-state index contributed by atoms with van der Waals surface area (Å²) in [7, 11) is 0. The van der Waals surface area contributed by atoms with Crippen molar-refractivity contribution in [1.82, 2.24) is 0 Å². The van der Waals surface area contributed by atoms with Crippen molar-refractivity contribution in [2.45, 2.75) is 19.3 Å². The molecule has 0 unspecified atom stereocenters. The monoisotopic (exact) mass is 302 g/mol. The Morgan fingerprint density at radius 2 is 1.30 bits per heavy atom. The van der Waals surface area contributed by atoms with E-state index in [1.807, 2.05) is 24.3 Å². The Labute approximate surface area is 137 Å². The Hall–Kier alpha value is -2.74. The number of hydrogen-bond acceptors (Lipinski definition) is 2. The van der Waals surface area contributed by atoms with Crippen LogP contribution in [0.4, 0.5) is 11.4 Å². The molecule has 23 heavy (non-hydrogen) atoms. The topological polar surface area (TPSA) is 52.0 Å². The van der Waals surface area contributed by atoms with Gasteiger partial charge in [0.05, 0.1) is 0 Å². The van der Waals surface area contributed by atoms with E-state index < -0.39 is 0 Å². The molecule has 0 aliphatic rings. The van der Waals surface area contributed by atoms with Crippen LogP contribution in [0.3, 0.4) is 0 Å². The second kappa shape index (κ2) is 5.81. The van der Waals surface area contributed by atoms with Gasteiger partial charge >= 0.3 is 0 Å². The van der Waals surface area contributed by atoms with Gasteiger partial charge in [-0.3, -0.25) is 0 Å². The SMILES string of the molecule is CC(C)(c1ccc(N)cc1)c1ccc(N)cc1-c1ccccc1. The molecule has 116 valence electrons. The molecule has 0 aliphatic carbocycles. The van der Waals surface area contributed by atoms with Crippen molar-refractivity contribution < 1.29 is 0 Å². The molecule has 3 rings (SSSR count). The maximum absolute atomic E-state index is 6.05. The summed E-state index contributed by atoms with van der Waals surface area (Å²) in [5, 5.41) is 0. The number of hydrogen-bond donors (Lipinski definition) is 2. The summed E-state index contributed by atoms with van der Waals surface area (Å²) in [6.07, 6.45) is 0. The van der Waals surface area contributed by atoms with Crippen LogP contribution in [0.2, 0.25) is 0 Å². The molecule has 2 nitrogen and oxygen atoms in total. The first-order valence-corrected chi connectivity index (χ1v) is 7.80. The van der Waals surface area contributed by atoms with E-state index in [4.69, 9.17) is 11.5 Å². The largest absolute Gasteiger partial charge is 0.399 e. The first-order chi connectivity index (χ1) is 11.0. The molecule has 0 spiro atoms. The van der Waals surface area contributed by atoms with E-state index in [0.29, 0.717) is 0 Å². The predicted octanol–water partition coefficient (Wildman–Crippen LogP) is 4.84. The van der Waals surface area contributed by atoms with Crippen LogP contribution < -0.4 is 11.5 Å². The van der Waals surface area contributed by atoms with E-state index in [0.717, 1.165) is 11.4 Å². The molecular formula is C21H22N2. The molecule has 0 saturated carbocycles. The van der Waals surface area contributed by atoms with Gasteiger partial charge in [0, 0.05) is 16.8 Å². The van der Waals surface area contributed by atoms with Crippen LogP contribution in [0.15, 0.2) is 72.8 Å². The van der Waals surface area contributed by atoms with E-state index in [2.05, 4.69) is 62.4 Å². The summed E-state index contributed by atoms with van der Waals surface area (Å²) in [4.78, 5) is 0. The minimum absolute atomic E-state index is 0.146. The number of nitrogens with two attached hydrogens (primary N) is 2. The Balaban J connectivity index is 2.17. The summed E-state index contributed by atoms with van der Waals surface area (Å²) >= 11 is 0. The number of anilines is 2. The fourth-order valence-electron chi connectivity index (χ4n) is 3.02. The van der Waals surface area contributed by atoms with Crippen molar-refractivity contribution in [1.29, 1.82) is 0 Å². The van der Waals surface area contributed by atoms with Crippen LogP contribution in [0.1, 0.15) is 25.0 Å². The van der Waals surface area contributed by atoms with Crippen molar-refractivity contribution in [3.63, 3.8) is 0 Å². The molecule has 3 aromatic carbocycles. The number of benzene rings is 3. The van der Waals surface area contributed by atoms with E-state index in [1.54, 1.807) is 0 Å². The van der Waals surface area contributed by atoms with Gasteiger partial charge in [0.25, 0.3) is 0 Å². The lowest BCUT2D eigenvalue weighted by molar-refractivity contribution is 0.643. The summed E-state index contributed by atoms with van der Waals surface area (Å²) in [6, 6.07) is 24.7. The molecule has 0 saturated heterocycles. The van der Waals surface area contributed by atoms with Crippen LogP contribution in [0.5, 0.6) is 0 Å². The molecule has 0 aliphatic heterocycles. The molecule has 4 N–H and O–H groups in total. The van der Waals surface area contributed by atoms with Gasteiger partial charge in [0.1, 0.15) is 0 Å². The van der Waals surface area contributed by atoms with Crippen molar-refractivity contribution in [3.8, 4) is 11.1 Å². The lowest BCUT2D eigenvalue weighted by Gasteiger charge is -2.29. The van der Waals surface area contributed by atoms with Gasteiger partial charge in [-0.25, -0.2) is 0 Å². The normalized spacial score (nSPS) is 11.4. The summed E-state index contributed by atoms with van der Waals surface area (Å²) in [6.45, 7) is 4.47. The van der Waals surface area contributed by atoms with Gasteiger partial charge in [-0.1, -0.05) is 62.4 Å². The lowest BCUT2D eigenvalue weighted by atomic mass is 9.75. The van der Waals surface area contributed by atoms with Crippen LogP contribution in [-0.4, -0.2) is 0 Å². The average molecular weight is 302 g/mol. The first-order valence-electron chi connectivity index (χ1n) is 7.80. The van der Waals surface area contributed by atoms with Gasteiger partial charge in [0.2, 0.25) is 0 Å². The molecular weight excluding hydrogens is 280 g/mol. The third kappa shape index (κ3) is 2.93. The minimum Gasteiger partial charge on any atom is -0.399 e. The molecule has 3 aromatic rings. The second-order valence-corrected chi connectivity index (χ2v) is 6.42. The van der Waals surface area contributed by atoms with Crippen LogP contribution in [0.25, 0.3) is 11.1 Å². The van der Waals surface area contributed by atoms with Crippen molar-refractivity contribution >= 4 is 11.4 Å². The Morgan fingerprint density at radius 3 is 1.96 bits per heavy atom. The summed E-state index contributed by atoms with van der Waals surface area (Å²) in [5.74, 6) is 0. The predicted molar refractivity (Wildman–Crippen MR) is 99.3 cm³/mol. The molecule has 2 heteroatoms. The van der Waals surface area contributed by atoms with Crippen molar-refractivity contribution in [2.75, 3.05) is 11.5 Å². The highest BCUT2D eigenvalue weighted by atomic mass is 14.5. The lowest BCUT2D eigenvalue weighted by Crippen LogP contribution is -2.20. The smallest absolute Gasteiger partial charge is 0.0320 e. The number of rotatable bonds is 3. The second-order valence-electron chi connectivity index (χ2n) is 6.42. The van der Waals surface area contributed by atoms with Crippen molar-refractivity contribution in [2.24, 2.45) is 0 Å². The Kier molecular flexibility index (Phi) is 3.83. The summed E-state index contributed by atoms with van der Waals surface area (Å²) < 4.78 is 0. The number of nitrogen functional groups attached to an aromatic ring is 2. The average Bonchev–Trinajstić information content (AvgIpc) is 2.56. The molecule has 0 atom stereocenters. The van der Waals surface area contributed by atoms with Crippen LogP contribution >= 0.6 is 0 Å². The zero-order chi connectivity index (χ0) is 16.4. The zero-order valence-electron chi connectivity index (χ0n) is 13.6. The van der Waals surface area contributed by atoms with E-state index in [-0.39, 0.29) is 5.41 Å². The van der Waals surface area contributed by atoms with Gasteiger partial charge in [0.15, 0.2) is 0 Å². The maximum Gasteiger partial charge on any atom is 0.0320 e. The molecule has 0 fully saturated rings. The minimum atomic E-state index is -0.146. The van der Waals surface area contributed by atoms with E-state index in [1.165, 1.54) is 22.3 Å². The quantitative estimate of drug-likeness (QED) is 0.680. The van der Waals surface area contributed by atoms with Gasteiger partial charge in [-0.2, -0.15) is 0 Å². The highest BCUT2D eigenvalue weighted by Crippen LogP contribution is 2.39. The van der Waals surface area contributed by atoms with Crippen molar-refractivity contribution in [3.05, 3.63) is 83.9 Å². The molecule has 0 bridgehead atoms. The van der Waals surface area contributed by atoms with Gasteiger partial charge in [-0.15, -0.1) is 0 Å². The standard InChI is InChI=1S/C21H22N2/c1-21(2,16-8-10-17(22)11-9-16)20-13-12-18(23)14-19(20)15-6-4-3-5-7-15/h3-14H,22-23H2,1-2H3. The zero-order valence-corrected chi connectivity index (χ0v) is 13.6. The van der Waals surface area contributed by atoms with Gasteiger partial charge in [-0.05, 0) is 46.5 Å². The molecule has 0 aromatic heterocycles. The Bertz CT molecular complexity index is 803. The van der Waals surface area contributed by atoms with E-state index >= 15 is 0 Å². The maximum atomic E-state index is 6.05. The highest BCUT2D eigenvalue weighted by molar-refractivity contribution is 5.73. The first kappa shape index (κ1) is 15.2. The Morgan fingerprint density at radius 1 is 0.696 bits per heavy atom. The summed E-state index contributed by atoms with van der Waals surface area (Å²) in [5.41, 5.74) is 18.1. The van der Waals surface area contributed by atoms with Crippen LogP contribution in [0, 0.1) is 0 Å². The fraction of sp³-hybridized carbons (Fsp3) is 0.143. The van der Waals surface area contributed by atoms with Gasteiger partial charge < -0.3 is 11.5 Å². The third-order valence-electron chi connectivity index (χ3n) is 4.43. The third-order valence-corrected chi connectivity index (χ3v) is 4.43. The molecule has 0 heterocycles. The highest BCUT2D eigenvalue weighted by Gasteiger charge is 2.26. The molecule has 0 radical (unpaired) electrons.